The van der Waals surface area contributed by atoms with Crippen molar-refractivity contribution in [1.29, 1.82) is 0 Å². The molecule has 1 aromatic heterocycles. The van der Waals surface area contributed by atoms with E-state index in [-0.39, 0.29) is 18.5 Å². The first-order chi connectivity index (χ1) is 11.7. The molecule has 0 radical (unpaired) electrons. The summed E-state index contributed by atoms with van der Waals surface area (Å²) >= 11 is 0. The van der Waals surface area contributed by atoms with E-state index in [0.29, 0.717) is 6.61 Å². The molecule has 4 nitrogen and oxygen atoms in total. The average molecular weight is 322 g/mol. The number of hydrogen-bond acceptors (Lipinski definition) is 2. The van der Waals surface area contributed by atoms with Crippen LogP contribution in [0.5, 0.6) is 0 Å². The number of carbonyl (C=O) groups is 1. The highest BCUT2D eigenvalue weighted by Crippen LogP contribution is 2.28. The molecule has 0 bridgehead atoms. The summed E-state index contributed by atoms with van der Waals surface area (Å²) < 4.78 is 7.15. The van der Waals surface area contributed by atoms with Crippen molar-refractivity contribution in [3.05, 3.63) is 60.7 Å². The Balaban J connectivity index is 1.95. The highest BCUT2D eigenvalue weighted by atomic mass is 16.5. The maximum Gasteiger partial charge on any atom is 0.240 e. The quantitative estimate of drug-likeness (QED) is 0.755. The fourth-order valence-electron chi connectivity index (χ4n) is 2.98. The number of fused-ring (bicyclic) bond motifs is 1. The maximum absolute atomic E-state index is 12.4. The number of methoxy groups -OCH3 is 1. The van der Waals surface area contributed by atoms with E-state index in [9.17, 15) is 4.79 Å². The van der Waals surface area contributed by atoms with Crippen molar-refractivity contribution in [2.45, 2.75) is 19.5 Å². The number of ether oxygens (including phenoxy) is 1. The lowest BCUT2D eigenvalue weighted by atomic mass is 10.1. The molecule has 24 heavy (non-hydrogen) atoms. The number of nitrogens with zero attached hydrogens (tertiary/aromatic N) is 1. The highest BCUT2D eigenvalue weighted by molar-refractivity contribution is 5.89. The number of amides is 1. The van der Waals surface area contributed by atoms with Crippen LogP contribution in [0.4, 0.5) is 0 Å². The molecule has 0 aliphatic carbocycles. The number of para-hydroxylation sites is 1. The molecule has 1 amide bonds. The normalized spacial score (nSPS) is 12.2. The van der Waals surface area contributed by atoms with Crippen LogP contribution in [0.2, 0.25) is 0 Å². The number of rotatable bonds is 6. The highest BCUT2D eigenvalue weighted by Gasteiger charge is 2.14. The molecule has 0 fully saturated rings. The van der Waals surface area contributed by atoms with E-state index < -0.39 is 0 Å². The predicted octanol–water partition coefficient (Wildman–Crippen LogP) is 3.46. The molecule has 1 atom stereocenters. The van der Waals surface area contributed by atoms with Gasteiger partial charge in [-0.25, -0.2) is 0 Å². The van der Waals surface area contributed by atoms with E-state index >= 15 is 0 Å². The Labute approximate surface area is 142 Å². The van der Waals surface area contributed by atoms with E-state index in [0.717, 1.165) is 22.2 Å². The molecule has 4 heteroatoms. The molecule has 3 rings (SSSR count). The zero-order valence-electron chi connectivity index (χ0n) is 14.0. The molecule has 2 aromatic carbocycles. The zero-order chi connectivity index (χ0) is 16.9. The van der Waals surface area contributed by atoms with Gasteiger partial charge in [-0.3, -0.25) is 4.79 Å². The topological polar surface area (TPSA) is 43.3 Å². The number of aromatic nitrogens is 1. The second kappa shape index (κ2) is 7.32. The van der Waals surface area contributed by atoms with Crippen molar-refractivity contribution in [2.24, 2.45) is 0 Å². The van der Waals surface area contributed by atoms with Crippen LogP contribution in [0, 0.1) is 0 Å². The molecule has 124 valence electrons. The standard InChI is InChI=1S/C20H22N2O2/c1-15(14-24-2)21-20(23)13-22-18-11-7-6-10-17(18)12-19(22)16-8-4-3-5-9-16/h3-12,15H,13-14H2,1-2H3,(H,21,23)/t15-/m1/s1. The van der Waals surface area contributed by atoms with Gasteiger partial charge in [0.2, 0.25) is 5.91 Å². The number of nitrogens with one attached hydrogen (secondary N) is 1. The van der Waals surface area contributed by atoms with E-state index in [2.05, 4.69) is 34.1 Å². The van der Waals surface area contributed by atoms with E-state index in [4.69, 9.17) is 4.74 Å². The number of benzene rings is 2. The summed E-state index contributed by atoms with van der Waals surface area (Å²) in [4.78, 5) is 12.4. The van der Waals surface area contributed by atoms with Crippen LogP contribution in [-0.4, -0.2) is 30.2 Å². The Morgan fingerprint density at radius 1 is 1.12 bits per heavy atom. The van der Waals surface area contributed by atoms with Gasteiger partial charge in [0.1, 0.15) is 6.54 Å². The zero-order valence-corrected chi connectivity index (χ0v) is 14.0. The minimum Gasteiger partial charge on any atom is -0.383 e. The van der Waals surface area contributed by atoms with Gasteiger partial charge in [0.15, 0.2) is 0 Å². The second-order valence-corrected chi connectivity index (χ2v) is 5.96. The lowest BCUT2D eigenvalue weighted by Crippen LogP contribution is -2.37. The monoisotopic (exact) mass is 322 g/mol. The Morgan fingerprint density at radius 3 is 2.58 bits per heavy atom. The molecule has 1 heterocycles. The maximum atomic E-state index is 12.4. The van der Waals surface area contributed by atoms with E-state index in [1.807, 2.05) is 43.3 Å². The third-order valence-electron chi connectivity index (χ3n) is 4.01. The predicted molar refractivity (Wildman–Crippen MR) is 96.9 cm³/mol. The van der Waals surface area contributed by atoms with Crippen molar-refractivity contribution in [2.75, 3.05) is 13.7 Å². The number of carbonyl (C=O) groups excluding carboxylic acids is 1. The summed E-state index contributed by atoms with van der Waals surface area (Å²) in [5.41, 5.74) is 3.21. The first-order valence-electron chi connectivity index (χ1n) is 8.11. The first kappa shape index (κ1) is 16.3. The minimum absolute atomic E-state index is 0.00972. The van der Waals surface area contributed by atoms with Crippen LogP contribution in [0.3, 0.4) is 0 Å². The summed E-state index contributed by atoms with van der Waals surface area (Å²) in [7, 11) is 1.63. The smallest absolute Gasteiger partial charge is 0.240 e. The molecule has 0 unspecified atom stereocenters. The van der Waals surface area contributed by atoms with Crippen LogP contribution in [0.25, 0.3) is 22.2 Å². The summed E-state index contributed by atoms with van der Waals surface area (Å²) in [6.45, 7) is 2.72. The molecule has 0 aliphatic heterocycles. The van der Waals surface area contributed by atoms with Crippen LogP contribution in [-0.2, 0) is 16.1 Å². The Bertz CT molecular complexity index is 824. The fraction of sp³-hybridized carbons (Fsp3) is 0.250. The van der Waals surface area contributed by atoms with Gasteiger partial charge < -0.3 is 14.6 Å². The van der Waals surface area contributed by atoms with Crippen LogP contribution in [0.1, 0.15) is 6.92 Å². The summed E-state index contributed by atoms with van der Waals surface area (Å²) in [6.07, 6.45) is 0. The van der Waals surface area contributed by atoms with Gasteiger partial charge in [-0.15, -0.1) is 0 Å². The van der Waals surface area contributed by atoms with Crippen molar-refractivity contribution in [3.63, 3.8) is 0 Å². The second-order valence-electron chi connectivity index (χ2n) is 5.96. The van der Waals surface area contributed by atoms with E-state index in [1.165, 1.54) is 0 Å². The van der Waals surface area contributed by atoms with Gasteiger partial charge >= 0.3 is 0 Å². The lowest BCUT2D eigenvalue weighted by Gasteiger charge is -2.15. The molecular formula is C20H22N2O2. The molecule has 0 aliphatic rings. The van der Waals surface area contributed by atoms with Gasteiger partial charge in [0.05, 0.1) is 6.61 Å². The minimum atomic E-state index is -0.0157. The van der Waals surface area contributed by atoms with Crippen molar-refractivity contribution >= 4 is 16.8 Å². The SMILES string of the molecule is COC[C@@H](C)NC(=O)Cn1c(-c2ccccc2)cc2ccccc21. The third-order valence-corrected chi connectivity index (χ3v) is 4.01. The lowest BCUT2D eigenvalue weighted by molar-refractivity contribution is -0.122. The van der Waals surface area contributed by atoms with Gasteiger partial charge in [-0.2, -0.15) is 0 Å². The Morgan fingerprint density at radius 2 is 1.83 bits per heavy atom. The molecule has 1 N–H and O–H groups in total. The molecule has 0 spiro atoms. The van der Waals surface area contributed by atoms with Crippen LogP contribution >= 0.6 is 0 Å². The number of hydrogen-bond donors (Lipinski definition) is 1. The van der Waals surface area contributed by atoms with Crippen LogP contribution in [0.15, 0.2) is 60.7 Å². The van der Waals surface area contributed by atoms with Gasteiger partial charge in [0.25, 0.3) is 0 Å². The molecule has 3 aromatic rings. The Kier molecular flexibility index (Phi) is 4.96. The summed E-state index contributed by atoms with van der Waals surface area (Å²) in [5.74, 6) is -0.0157. The average Bonchev–Trinajstić information content (AvgIpc) is 2.94. The first-order valence-corrected chi connectivity index (χ1v) is 8.11. The largest absolute Gasteiger partial charge is 0.383 e. The van der Waals surface area contributed by atoms with Crippen molar-refractivity contribution < 1.29 is 9.53 Å². The molecule has 0 saturated heterocycles. The van der Waals surface area contributed by atoms with Gasteiger partial charge in [0, 0.05) is 29.7 Å². The molecular weight excluding hydrogens is 300 g/mol. The van der Waals surface area contributed by atoms with Crippen molar-refractivity contribution in [1.82, 2.24) is 9.88 Å². The van der Waals surface area contributed by atoms with E-state index in [1.54, 1.807) is 7.11 Å². The summed E-state index contributed by atoms with van der Waals surface area (Å²) in [6, 6.07) is 20.4. The van der Waals surface area contributed by atoms with Crippen molar-refractivity contribution in [3.8, 4) is 11.3 Å². The third kappa shape index (κ3) is 3.49. The summed E-state index contributed by atoms with van der Waals surface area (Å²) in [5, 5.41) is 4.11. The Hall–Kier alpha value is -2.59. The molecule has 0 saturated carbocycles. The van der Waals surface area contributed by atoms with Crippen LogP contribution < -0.4 is 5.32 Å². The van der Waals surface area contributed by atoms with Gasteiger partial charge in [-0.1, -0.05) is 48.5 Å². The fourth-order valence-corrected chi connectivity index (χ4v) is 2.98. The van der Waals surface area contributed by atoms with Gasteiger partial charge in [-0.05, 0) is 24.6 Å².